The fraction of sp³-hybridized carbons (Fsp3) is 0.429. The van der Waals surface area contributed by atoms with Crippen molar-refractivity contribution < 1.29 is 0 Å². The van der Waals surface area contributed by atoms with E-state index in [-0.39, 0.29) is 0 Å². The highest BCUT2D eigenvalue weighted by atomic mass is 14.0. The highest BCUT2D eigenvalue weighted by molar-refractivity contribution is 5.11. The second-order valence-corrected chi connectivity index (χ2v) is 3.22. The highest BCUT2D eigenvalue weighted by Crippen LogP contribution is 2.09. The Morgan fingerprint density at radius 3 is 2.43 bits per heavy atom. The number of rotatable bonds is 7. The Labute approximate surface area is 88.7 Å². The third-order valence-corrected chi connectivity index (χ3v) is 2.06. The van der Waals surface area contributed by atoms with Gasteiger partial charge in [0.25, 0.3) is 0 Å². The summed E-state index contributed by atoms with van der Waals surface area (Å²) in [6.45, 7) is 8.05. The van der Waals surface area contributed by atoms with Crippen LogP contribution >= 0.6 is 0 Å². The van der Waals surface area contributed by atoms with Crippen LogP contribution in [-0.4, -0.2) is 0 Å². The van der Waals surface area contributed by atoms with Crippen LogP contribution in [0.1, 0.15) is 39.5 Å². The summed E-state index contributed by atoms with van der Waals surface area (Å²) in [5.74, 6) is 0. The number of hydrogen-bond donors (Lipinski definition) is 0. The van der Waals surface area contributed by atoms with Crippen molar-refractivity contribution in [3.05, 3.63) is 48.6 Å². The average Bonchev–Trinajstić information content (AvgIpc) is 2.21. The monoisotopic (exact) mass is 190 g/mol. The van der Waals surface area contributed by atoms with Crippen molar-refractivity contribution >= 4 is 0 Å². The lowest BCUT2D eigenvalue weighted by Gasteiger charge is -1.99. The van der Waals surface area contributed by atoms with Gasteiger partial charge in [0.2, 0.25) is 0 Å². The van der Waals surface area contributed by atoms with Crippen LogP contribution in [0, 0.1) is 0 Å². The van der Waals surface area contributed by atoms with Gasteiger partial charge in [0.1, 0.15) is 0 Å². The first-order valence-corrected chi connectivity index (χ1v) is 5.47. The Kier molecular flexibility index (Phi) is 9.30. The molecule has 78 valence electrons. The van der Waals surface area contributed by atoms with Gasteiger partial charge in [-0.15, -0.1) is 0 Å². The summed E-state index contributed by atoms with van der Waals surface area (Å²) in [4.78, 5) is 0. The van der Waals surface area contributed by atoms with E-state index >= 15 is 0 Å². The average molecular weight is 190 g/mol. The molecule has 0 aliphatic carbocycles. The molecule has 0 aromatic heterocycles. The van der Waals surface area contributed by atoms with Gasteiger partial charge in [0.15, 0.2) is 0 Å². The highest BCUT2D eigenvalue weighted by Gasteiger charge is 1.89. The van der Waals surface area contributed by atoms with Crippen LogP contribution < -0.4 is 0 Å². The number of hydrogen-bond acceptors (Lipinski definition) is 0. The van der Waals surface area contributed by atoms with Crippen LogP contribution in [-0.2, 0) is 0 Å². The van der Waals surface area contributed by atoms with Gasteiger partial charge in [-0.2, -0.15) is 0 Å². The van der Waals surface area contributed by atoms with Gasteiger partial charge in [-0.05, 0) is 25.7 Å². The lowest BCUT2D eigenvalue weighted by molar-refractivity contribution is 0.909. The van der Waals surface area contributed by atoms with E-state index in [1.54, 1.807) is 0 Å². The molecule has 0 N–H and O–H groups in total. The SMILES string of the molecule is C=C/C=C(\CC)CC/C=C\C=C/CC. The Hall–Kier alpha value is -1.04. The van der Waals surface area contributed by atoms with Gasteiger partial charge >= 0.3 is 0 Å². The molecule has 0 atom stereocenters. The zero-order valence-electron chi connectivity index (χ0n) is 9.50. The van der Waals surface area contributed by atoms with Gasteiger partial charge in [0, 0.05) is 0 Å². The normalized spacial score (nSPS) is 12.9. The first-order chi connectivity index (χ1) is 6.85. The van der Waals surface area contributed by atoms with E-state index in [1.165, 1.54) is 5.57 Å². The maximum atomic E-state index is 3.71. The quantitative estimate of drug-likeness (QED) is 0.505. The summed E-state index contributed by atoms with van der Waals surface area (Å²) >= 11 is 0. The lowest BCUT2D eigenvalue weighted by atomic mass is 10.1. The van der Waals surface area contributed by atoms with Crippen LogP contribution in [0.4, 0.5) is 0 Å². The second kappa shape index (κ2) is 10.0. The van der Waals surface area contributed by atoms with Crippen LogP contribution in [0.25, 0.3) is 0 Å². The summed E-state index contributed by atoms with van der Waals surface area (Å²) in [6.07, 6.45) is 17.1. The zero-order valence-corrected chi connectivity index (χ0v) is 9.50. The molecule has 0 fully saturated rings. The topological polar surface area (TPSA) is 0 Å². The molecule has 0 aliphatic heterocycles. The van der Waals surface area contributed by atoms with Crippen molar-refractivity contribution in [2.75, 3.05) is 0 Å². The molecule has 0 nitrogen and oxygen atoms in total. The van der Waals surface area contributed by atoms with E-state index in [1.807, 2.05) is 6.08 Å². The maximum absolute atomic E-state index is 3.71. The first-order valence-electron chi connectivity index (χ1n) is 5.47. The first kappa shape index (κ1) is 13.0. The summed E-state index contributed by atoms with van der Waals surface area (Å²) in [7, 11) is 0. The summed E-state index contributed by atoms with van der Waals surface area (Å²) < 4.78 is 0. The van der Waals surface area contributed by atoms with Gasteiger partial charge in [-0.25, -0.2) is 0 Å². The Morgan fingerprint density at radius 2 is 1.86 bits per heavy atom. The predicted octanol–water partition coefficient (Wildman–Crippen LogP) is 4.81. The van der Waals surface area contributed by atoms with Crippen molar-refractivity contribution in [1.82, 2.24) is 0 Å². The van der Waals surface area contributed by atoms with Crippen LogP contribution in [0.3, 0.4) is 0 Å². The van der Waals surface area contributed by atoms with E-state index < -0.39 is 0 Å². The lowest BCUT2D eigenvalue weighted by Crippen LogP contribution is -1.79. The molecule has 0 rings (SSSR count). The van der Waals surface area contributed by atoms with Crippen LogP contribution in [0.15, 0.2) is 48.6 Å². The van der Waals surface area contributed by atoms with Crippen molar-refractivity contribution in [1.29, 1.82) is 0 Å². The van der Waals surface area contributed by atoms with Gasteiger partial charge in [-0.1, -0.05) is 62.5 Å². The molecule has 0 saturated carbocycles. The van der Waals surface area contributed by atoms with E-state index in [0.29, 0.717) is 0 Å². The molecule has 14 heavy (non-hydrogen) atoms. The molecule has 0 unspecified atom stereocenters. The minimum Gasteiger partial charge on any atom is -0.0991 e. The molecule has 0 bridgehead atoms. The van der Waals surface area contributed by atoms with E-state index in [4.69, 9.17) is 0 Å². The van der Waals surface area contributed by atoms with Gasteiger partial charge in [0.05, 0.1) is 0 Å². The minimum atomic E-state index is 1.11. The summed E-state index contributed by atoms with van der Waals surface area (Å²) in [6, 6.07) is 0. The molecule has 0 saturated heterocycles. The standard InChI is InChI=1S/C14H22/c1-4-7-8-9-10-11-13-14(6-3)12-5-2/h5,7-10,12H,2,4,6,11,13H2,1,3H3/b8-7-,10-9-,14-12+. The largest absolute Gasteiger partial charge is 0.0991 e. The molecule has 0 amide bonds. The fourth-order valence-corrected chi connectivity index (χ4v) is 1.20. The van der Waals surface area contributed by atoms with Crippen molar-refractivity contribution in [2.24, 2.45) is 0 Å². The maximum Gasteiger partial charge on any atom is -0.0282 e. The van der Waals surface area contributed by atoms with Crippen molar-refractivity contribution in [2.45, 2.75) is 39.5 Å². The molecule has 0 aromatic rings. The summed E-state index contributed by atoms with van der Waals surface area (Å²) in [5.41, 5.74) is 1.48. The molecule has 0 heteroatoms. The molecule has 0 radical (unpaired) electrons. The Bertz CT molecular complexity index is 216. The smallest absolute Gasteiger partial charge is 0.0282 e. The number of allylic oxidation sites excluding steroid dienone is 7. The second-order valence-electron chi connectivity index (χ2n) is 3.22. The third kappa shape index (κ3) is 7.60. The fourth-order valence-electron chi connectivity index (χ4n) is 1.20. The molecule has 0 spiro atoms. The Balaban J connectivity index is 3.71. The zero-order chi connectivity index (χ0) is 10.6. The van der Waals surface area contributed by atoms with Crippen molar-refractivity contribution in [3.63, 3.8) is 0 Å². The summed E-state index contributed by atoms with van der Waals surface area (Å²) in [5, 5.41) is 0. The van der Waals surface area contributed by atoms with E-state index in [0.717, 1.165) is 25.7 Å². The van der Waals surface area contributed by atoms with Crippen LogP contribution in [0.5, 0.6) is 0 Å². The third-order valence-electron chi connectivity index (χ3n) is 2.06. The van der Waals surface area contributed by atoms with Crippen molar-refractivity contribution in [3.8, 4) is 0 Å². The van der Waals surface area contributed by atoms with E-state index in [9.17, 15) is 0 Å². The predicted molar refractivity (Wildman–Crippen MR) is 66.4 cm³/mol. The Morgan fingerprint density at radius 1 is 1.14 bits per heavy atom. The molecule has 0 aliphatic rings. The molecular formula is C14H22. The minimum absolute atomic E-state index is 1.11. The van der Waals surface area contributed by atoms with E-state index in [2.05, 4.69) is 50.8 Å². The molecule has 0 heterocycles. The molecule has 0 aromatic carbocycles. The molecular weight excluding hydrogens is 168 g/mol. The van der Waals surface area contributed by atoms with Crippen LogP contribution in [0.2, 0.25) is 0 Å². The van der Waals surface area contributed by atoms with Gasteiger partial charge in [-0.3, -0.25) is 0 Å². The van der Waals surface area contributed by atoms with Gasteiger partial charge < -0.3 is 0 Å².